The van der Waals surface area contributed by atoms with E-state index in [4.69, 9.17) is 4.74 Å². The van der Waals surface area contributed by atoms with E-state index < -0.39 is 15.9 Å². The van der Waals surface area contributed by atoms with Gasteiger partial charge in [0.1, 0.15) is 5.75 Å². The van der Waals surface area contributed by atoms with Gasteiger partial charge in [-0.2, -0.15) is 0 Å². The number of sulfonamides is 1. The SMILES string of the molecule is COc1ccc(C(=O)Nc2ccccc2)cc1NS(=O)(=O)c1sc(NC(C)=O)nc1C. The summed E-state index contributed by atoms with van der Waals surface area (Å²) in [6, 6.07) is 13.3. The monoisotopic (exact) mass is 460 g/mol. The van der Waals surface area contributed by atoms with Gasteiger partial charge in [-0.25, -0.2) is 13.4 Å². The van der Waals surface area contributed by atoms with E-state index in [9.17, 15) is 18.0 Å². The topological polar surface area (TPSA) is 126 Å². The lowest BCUT2D eigenvalue weighted by atomic mass is 10.1. The van der Waals surface area contributed by atoms with Gasteiger partial charge < -0.3 is 15.4 Å². The Labute approximate surface area is 183 Å². The molecule has 0 aliphatic rings. The van der Waals surface area contributed by atoms with Crippen molar-refractivity contribution in [3.8, 4) is 5.75 Å². The van der Waals surface area contributed by atoms with Gasteiger partial charge >= 0.3 is 0 Å². The molecule has 2 amide bonds. The highest BCUT2D eigenvalue weighted by Crippen LogP contribution is 2.32. The van der Waals surface area contributed by atoms with Crippen molar-refractivity contribution in [3.63, 3.8) is 0 Å². The number of carbonyl (C=O) groups excluding carboxylic acids is 2. The number of aromatic nitrogens is 1. The smallest absolute Gasteiger partial charge is 0.273 e. The molecule has 3 aromatic rings. The maximum absolute atomic E-state index is 13.0. The van der Waals surface area contributed by atoms with Gasteiger partial charge in [-0.3, -0.25) is 14.3 Å². The average Bonchev–Trinajstić information content (AvgIpc) is 3.08. The fourth-order valence-electron chi connectivity index (χ4n) is 2.68. The molecule has 11 heteroatoms. The number of nitrogens with one attached hydrogen (secondary N) is 3. The molecule has 0 spiro atoms. The molecule has 3 N–H and O–H groups in total. The molecule has 0 bridgehead atoms. The molecule has 0 saturated carbocycles. The van der Waals surface area contributed by atoms with Crippen molar-refractivity contribution in [2.75, 3.05) is 22.5 Å². The van der Waals surface area contributed by atoms with Crippen LogP contribution in [0.4, 0.5) is 16.5 Å². The second-order valence-corrected chi connectivity index (χ2v) is 9.29. The molecule has 1 heterocycles. The molecule has 0 aliphatic carbocycles. The second kappa shape index (κ2) is 9.14. The van der Waals surface area contributed by atoms with Crippen LogP contribution in [-0.4, -0.2) is 32.3 Å². The minimum absolute atomic E-state index is 0.0579. The number of methoxy groups -OCH3 is 1. The van der Waals surface area contributed by atoms with Crippen LogP contribution in [0.5, 0.6) is 5.75 Å². The summed E-state index contributed by atoms with van der Waals surface area (Å²) in [6.07, 6.45) is 0. The molecule has 0 unspecified atom stereocenters. The minimum Gasteiger partial charge on any atom is -0.495 e. The van der Waals surface area contributed by atoms with E-state index in [0.717, 1.165) is 11.3 Å². The molecule has 3 rings (SSSR count). The minimum atomic E-state index is -4.05. The molecule has 9 nitrogen and oxygen atoms in total. The van der Waals surface area contributed by atoms with E-state index in [-0.39, 0.29) is 37.9 Å². The number of thiazole rings is 1. The largest absolute Gasteiger partial charge is 0.495 e. The second-order valence-electron chi connectivity index (χ2n) is 6.41. The first-order valence-corrected chi connectivity index (χ1v) is 11.3. The predicted molar refractivity (Wildman–Crippen MR) is 119 cm³/mol. The van der Waals surface area contributed by atoms with Crippen LogP contribution in [0.1, 0.15) is 23.0 Å². The fraction of sp³-hybridized carbons (Fsp3) is 0.150. The summed E-state index contributed by atoms with van der Waals surface area (Å²) in [5.74, 6) is -0.523. The highest BCUT2D eigenvalue weighted by atomic mass is 32.2. The summed E-state index contributed by atoms with van der Waals surface area (Å²) in [5.41, 5.74) is 1.17. The number of anilines is 3. The zero-order valence-electron chi connectivity index (χ0n) is 16.9. The lowest BCUT2D eigenvalue weighted by Gasteiger charge is -2.13. The Morgan fingerprint density at radius 3 is 2.42 bits per heavy atom. The van der Waals surface area contributed by atoms with Crippen molar-refractivity contribution in [2.45, 2.75) is 18.1 Å². The van der Waals surface area contributed by atoms with Gasteiger partial charge in [0.25, 0.3) is 15.9 Å². The van der Waals surface area contributed by atoms with Crippen LogP contribution in [0.2, 0.25) is 0 Å². The third-order valence-corrected chi connectivity index (χ3v) is 7.07. The number of para-hydroxylation sites is 1. The number of amides is 2. The number of ether oxygens (including phenoxy) is 1. The lowest BCUT2D eigenvalue weighted by Crippen LogP contribution is -2.16. The quantitative estimate of drug-likeness (QED) is 0.496. The van der Waals surface area contributed by atoms with Gasteiger partial charge in [0, 0.05) is 18.2 Å². The lowest BCUT2D eigenvalue weighted by molar-refractivity contribution is -0.114. The Morgan fingerprint density at radius 2 is 1.77 bits per heavy atom. The van der Waals surface area contributed by atoms with Gasteiger partial charge in [0.2, 0.25) is 5.91 Å². The van der Waals surface area contributed by atoms with Crippen molar-refractivity contribution in [2.24, 2.45) is 0 Å². The van der Waals surface area contributed by atoms with Crippen molar-refractivity contribution in [1.29, 1.82) is 0 Å². The Hall–Kier alpha value is -3.44. The highest BCUT2D eigenvalue weighted by molar-refractivity contribution is 7.94. The third kappa shape index (κ3) is 5.38. The Morgan fingerprint density at radius 1 is 1.06 bits per heavy atom. The van der Waals surface area contributed by atoms with E-state index in [1.165, 1.54) is 39.2 Å². The molecular formula is C20H20N4O5S2. The number of benzene rings is 2. The van der Waals surface area contributed by atoms with E-state index in [0.29, 0.717) is 5.69 Å². The van der Waals surface area contributed by atoms with E-state index >= 15 is 0 Å². The van der Waals surface area contributed by atoms with E-state index in [1.54, 1.807) is 24.3 Å². The highest BCUT2D eigenvalue weighted by Gasteiger charge is 2.24. The van der Waals surface area contributed by atoms with Crippen LogP contribution in [0, 0.1) is 6.92 Å². The predicted octanol–water partition coefficient (Wildman–Crippen LogP) is 3.47. The average molecular weight is 461 g/mol. The maximum Gasteiger partial charge on any atom is 0.273 e. The summed E-state index contributed by atoms with van der Waals surface area (Å²) >= 11 is 0.826. The van der Waals surface area contributed by atoms with E-state index in [1.807, 2.05) is 6.07 Å². The Balaban J connectivity index is 1.89. The number of carbonyl (C=O) groups is 2. The summed E-state index contributed by atoms with van der Waals surface area (Å²) in [5, 5.41) is 5.39. The van der Waals surface area contributed by atoms with Crippen LogP contribution in [0.3, 0.4) is 0 Å². The number of rotatable bonds is 7. The van der Waals surface area contributed by atoms with Crippen molar-refractivity contribution in [3.05, 3.63) is 59.8 Å². The number of hydrogen-bond donors (Lipinski definition) is 3. The first-order chi connectivity index (χ1) is 14.7. The van der Waals surface area contributed by atoms with Crippen LogP contribution in [-0.2, 0) is 14.8 Å². The molecule has 0 saturated heterocycles. The summed E-state index contributed by atoms with van der Waals surface area (Å²) in [4.78, 5) is 27.9. The van der Waals surface area contributed by atoms with Gasteiger partial charge in [-0.05, 0) is 37.3 Å². The molecule has 0 atom stereocenters. The molecule has 2 aromatic carbocycles. The van der Waals surface area contributed by atoms with E-state index in [2.05, 4.69) is 20.3 Å². The van der Waals surface area contributed by atoms with Gasteiger partial charge in [0.15, 0.2) is 9.34 Å². The zero-order chi connectivity index (χ0) is 22.6. The molecule has 162 valence electrons. The van der Waals surface area contributed by atoms with Gasteiger partial charge in [0.05, 0.1) is 18.5 Å². The number of nitrogens with zero attached hydrogens (tertiary/aromatic N) is 1. The third-order valence-electron chi connectivity index (χ3n) is 4.02. The molecule has 0 aliphatic heterocycles. The summed E-state index contributed by atoms with van der Waals surface area (Å²) in [6.45, 7) is 2.83. The van der Waals surface area contributed by atoms with Crippen LogP contribution < -0.4 is 20.1 Å². The van der Waals surface area contributed by atoms with Crippen molar-refractivity contribution < 1.29 is 22.7 Å². The number of hydrogen-bond acceptors (Lipinski definition) is 7. The first kappa shape index (κ1) is 22.2. The first-order valence-electron chi connectivity index (χ1n) is 9.02. The normalized spacial score (nSPS) is 10.9. The zero-order valence-corrected chi connectivity index (χ0v) is 18.6. The van der Waals surface area contributed by atoms with Crippen LogP contribution >= 0.6 is 11.3 Å². The summed E-state index contributed by atoms with van der Waals surface area (Å²) < 4.78 is 33.5. The van der Waals surface area contributed by atoms with Crippen molar-refractivity contribution >= 4 is 49.7 Å². The number of aryl methyl sites for hydroxylation is 1. The molecule has 0 fully saturated rings. The Bertz CT molecular complexity index is 1220. The molecule has 0 radical (unpaired) electrons. The molecular weight excluding hydrogens is 440 g/mol. The maximum atomic E-state index is 13.0. The van der Waals surface area contributed by atoms with Crippen LogP contribution in [0.15, 0.2) is 52.7 Å². The standard InChI is InChI=1S/C20H20N4O5S2/c1-12-19(30-20(21-12)22-13(2)25)31(27,28)24-16-11-14(9-10-17(16)29-3)18(26)23-15-7-5-4-6-8-15/h4-11,24H,1-3H3,(H,23,26)(H,21,22,25). The fourth-order valence-corrected chi connectivity index (χ4v) is 5.20. The summed E-state index contributed by atoms with van der Waals surface area (Å²) in [7, 11) is -2.66. The van der Waals surface area contributed by atoms with Gasteiger partial charge in [-0.1, -0.05) is 29.5 Å². The molecule has 31 heavy (non-hydrogen) atoms. The van der Waals surface area contributed by atoms with Crippen molar-refractivity contribution in [1.82, 2.24) is 4.98 Å². The van der Waals surface area contributed by atoms with Crippen LogP contribution in [0.25, 0.3) is 0 Å². The molecule has 1 aromatic heterocycles. The van der Waals surface area contributed by atoms with Gasteiger partial charge in [-0.15, -0.1) is 0 Å². The Kier molecular flexibility index (Phi) is 6.56.